The Morgan fingerprint density at radius 1 is 0.303 bits per heavy atom. The number of carbonyl (C=O) groups excluding carboxylic acids is 3. The van der Waals surface area contributed by atoms with Crippen molar-refractivity contribution >= 4 is 17.9 Å². The Hall–Kier alpha value is -1.59. The summed E-state index contributed by atoms with van der Waals surface area (Å²) in [4.78, 5) is 38.1. The molecule has 0 aromatic carbocycles. The molecule has 0 aliphatic carbocycles. The van der Waals surface area contributed by atoms with Crippen molar-refractivity contribution in [2.75, 3.05) is 13.2 Å². The zero-order valence-corrected chi connectivity index (χ0v) is 45.2. The van der Waals surface area contributed by atoms with E-state index in [0.717, 1.165) is 63.7 Å². The molecule has 0 amide bonds. The van der Waals surface area contributed by atoms with Gasteiger partial charge in [-0.05, 0) is 25.2 Å². The lowest BCUT2D eigenvalue weighted by Gasteiger charge is -2.18. The maximum absolute atomic E-state index is 12.8. The van der Waals surface area contributed by atoms with Gasteiger partial charge in [-0.2, -0.15) is 0 Å². The Bertz CT molecular complexity index is 998. The molecule has 0 radical (unpaired) electrons. The highest BCUT2D eigenvalue weighted by Crippen LogP contribution is 2.19. The lowest BCUT2D eigenvalue weighted by molar-refractivity contribution is -0.167. The van der Waals surface area contributed by atoms with Crippen LogP contribution in [0.1, 0.15) is 342 Å². The Balaban J connectivity index is 4.17. The standard InChI is InChI=1S/C60H116O6/c1-5-8-10-12-14-16-17-18-19-22-27-30-33-37-41-45-49-53-60(63)66-57(54-64-58(61)51-47-43-39-34-15-13-11-9-6-2)55-65-59(62)52-48-44-40-36-32-29-26-24-21-20-23-25-28-31-35-38-42-46-50-56(4)7-3/h56-57H,5-55H2,1-4H3/t56?,57-/m0/s1. The van der Waals surface area contributed by atoms with Gasteiger partial charge in [0.2, 0.25) is 0 Å². The van der Waals surface area contributed by atoms with Crippen molar-refractivity contribution in [3.8, 4) is 0 Å². The number of rotatable bonds is 55. The van der Waals surface area contributed by atoms with Gasteiger partial charge in [-0.25, -0.2) is 0 Å². The van der Waals surface area contributed by atoms with Crippen molar-refractivity contribution in [3.63, 3.8) is 0 Å². The van der Waals surface area contributed by atoms with E-state index in [0.29, 0.717) is 19.3 Å². The van der Waals surface area contributed by atoms with E-state index in [1.54, 1.807) is 0 Å². The lowest BCUT2D eigenvalue weighted by Crippen LogP contribution is -2.30. The topological polar surface area (TPSA) is 78.9 Å². The molecular formula is C60H116O6. The predicted octanol–water partition coefficient (Wildman–Crippen LogP) is 19.8. The van der Waals surface area contributed by atoms with Crippen LogP contribution in [-0.4, -0.2) is 37.2 Å². The van der Waals surface area contributed by atoms with E-state index in [9.17, 15) is 14.4 Å². The van der Waals surface area contributed by atoms with Gasteiger partial charge >= 0.3 is 17.9 Å². The number of carbonyl (C=O) groups is 3. The molecule has 0 saturated heterocycles. The van der Waals surface area contributed by atoms with Crippen LogP contribution in [0.5, 0.6) is 0 Å². The van der Waals surface area contributed by atoms with E-state index >= 15 is 0 Å². The Morgan fingerprint density at radius 3 is 0.788 bits per heavy atom. The van der Waals surface area contributed by atoms with Crippen molar-refractivity contribution < 1.29 is 28.6 Å². The van der Waals surface area contributed by atoms with E-state index in [-0.39, 0.29) is 31.1 Å². The summed E-state index contributed by atoms with van der Waals surface area (Å²) in [5.74, 6) is 0.0731. The second kappa shape index (κ2) is 54.4. The number of ether oxygens (including phenoxy) is 3. The summed E-state index contributed by atoms with van der Waals surface area (Å²) in [6.07, 6.45) is 59.6. The molecule has 6 nitrogen and oxygen atoms in total. The largest absolute Gasteiger partial charge is 0.462 e. The fourth-order valence-corrected chi connectivity index (χ4v) is 9.25. The highest BCUT2D eigenvalue weighted by atomic mass is 16.6. The molecule has 0 rings (SSSR count). The van der Waals surface area contributed by atoms with Crippen LogP contribution < -0.4 is 0 Å². The minimum Gasteiger partial charge on any atom is -0.462 e. The number of hydrogen-bond donors (Lipinski definition) is 0. The maximum Gasteiger partial charge on any atom is 0.306 e. The molecule has 0 aromatic heterocycles. The number of esters is 3. The molecule has 66 heavy (non-hydrogen) atoms. The van der Waals surface area contributed by atoms with E-state index in [1.807, 2.05) is 0 Å². The van der Waals surface area contributed by atoms with Gasteiger partial charge in [-0.15, -0.1) is 0 Å². The monoisotopic (exact) mass is 933 g/mol. The molecule has 6 heteroatoms. The molecular weight excluding hydrogens is 817 g/mol. The van der Waals surface area contributed by atoms with Crippen molar-refractivity contribution in [1.82, 2.24) is 0 Å². The first kappa shape index (κ1) is 64.4. The Morgan fingerprint density at radius 2 is 0.530 bits per heavy atom. The van der Waals surface area contributed by atoms with Gasteiger partial charge in [0, 0.05) is 19.3 Å². The normalized spacial score (nSPS) is 12.4. The summed E-state index contributed by atoms with van der Waals surface area (Å²) in [6, 6.07) is 0. The van der Waals surface area contributed by atoms with Gasteiger partial charge in [-0.1, -0.05) is 304 Å². The third-order valence-electron chi connectivity index (χ3n) is 14.2. The summed E-state index contributed by atoms with van der Waals surface area (Å²) in [6.45, 7) is 9.09. The minimum absolute atomic E-state index is 0.0618. The van der Waals surface area contributed by atoms with Crippen molar-refractivity contribution in [2.24, 2.45) is 5.92 Å². The van der Waals surface area contributed by atoms with Crippen LogP contribution in [0.2, 0.25) is 0 Å². The molecule has 0 saturated carbocycles. The second-order valence-corrected chi connectivity index (χ2v) is 20.9. The van der Waals surface area contributed by atoms with E-state index < -0.39 is 6.10 Å². The van der Waals surface area contributed by atoms with Crippen molar-refractivity contribution in [3.05, 3.63) is 0 Å². The number of hydrogen-bond acceptors (Lipinski definition) is 6. The molecule has 0 N–H and O–H groups in total. The molecule has 0 aliphatic heterocycles. The SMILES string of the molecule is CCCCCCCCCCCCCCCCCCCC(=O)O[C@@H](COC(=O)CCCCCCCCCCC)COC(=O)CCCCCCCCCCCCCCCCCCCCC(C)CC. The molecule has 2 atom stereocenters. The fraction of sp³-hybridized carbons (Fsp3) is 0.950. The fourth-order valence-electron chi connectivity index (χ4n) is 9.25. The quantitative estimate of drug-likeness (QED) is 0.0343. The van der Waals surface area contributed by atoms with Crippen LogP contribution in [0.3, 0.4) is 0 Å². The molecule has 0 aliphatic rings. The van der Waals surface area contributed by atoms with Gasteiger partial charge in [0.1, 0.15) is 13.2 Å². The van der Waals surface area contributed by atoms with Gasteiger partial charge in [0.05, 0.1) is 0 Å². The van der Waals surface area contributed by atoms with Crippen LogP contribution in [0.15, 0.2) is 0 Å². The zero-order valence-electron chi connectivity index (χ0n) is 45.2. The van der Waals surface area contributed by atoms with Crippen LogP contribution >= 0.6 is 0 Å². The summed E-state index contributed by atoms with van der Waals surface area (Å²) >= 11 is 0. The number of unbranched alkanes of at least 4 members (excludes halogenated alkanes) is 41. The lowest BCUT2D eigenvalue weighted by atomic mass is 9.99. The molecule has 0 heterocycles. The van der Waals surface area contributed by atoms with Gasteiger partial charge in [0.15, 0.2) is 6.10 Å². The average molecular weight is 934 g/mol. The van der Waals surface area contributed by atoms with Crippen LogP contribution in [0, 0.1) is 5.92 Å². The Kier molecular flexibility index (Phi) is 53.0. The smallest absolute Gasteiger partial charge is 0.306 e. The van der Waals surface area contributed by atoms with Crippen LogP contribution in [0.25, 0.3) is 0 Å². The van der Waals surface area contributed by atoms with E-state index in [1.165, 1.54) is 238 Å². The van der Waals surface area contributed by atoms with Crippen molar-refractivity contribution in [1.29, 1.82) is 0 Å². The molecule has 1 unspecified atom stereocenters. The maximum atomic E-state index is 12.8. The van der Waals surface area contributed by atoms with Crippen LogP contribution in [0.4, 0.5) is 0 Å². The Labute approximate surface area is 412 Å². The van der Waals surface area contributed by atoms with E-state index in [4.69, 9.17) is 14.2 Å². The highest BCUT2D eigenvalue weighted by molar-refractivity contribution is 5.71. The highest BCUT2D eigenvalue weighted by Gasteiger charge is 2.19. The first-order chi connectivity index (χ1) is 32.4. The summed E-state index contributed by atoms with van der Waals surface area (Å²) in [5.41, 5.74) is 0. The second-order valence-electron chi connectivity index (χ2n) is 20.9. The minimum atomic E-state index is -0.761. The van der Waals surface area contributed by atoms with Crippen LogP contribution in [-0.2, 0) is 28.6 Å². The zero-order chi connectivity index (χ0) is 48.1. The molecule has 392 valence electrons. The van der Waals surface area contributed by atoms with Gasteiger partial charge in [-0.3, -0.25) is 14.4 Å². The first-order valence-corrected chi connectivity index (χ1v) is 29.9. The summed E-state index contributed by atoms with van der Waals surface area (Å²) in [5, 5.41) is 0. The third kappa shape index (κ3) is 51.8. The first-order valence-electron chi connectivity index (χ1n) is 29.9. The predicted molar refractivity (Wildman–Crippen MR) is 284 cm³/mol. The summed E-state index contributed by atoms with van der Waals surface area (Å²) < 4.78 is 16.9. The summed E-state index contributed by atoms with van der Waals surface area (Å²) in [7, 11) is 0. The van der Waals surface area contributed by atoms with Gasteiger partial charge < -0.3 is 14.2 Å². The van der Waals surface area contributed by atoms with Crippen molar-refractivity contribution in [2.45, 2.75) is 348 Å². The van der Waals surface area contributed by atoms with Gasteiger partial charge in [0.25, 0.3) is 0 Å². The third-order valence-corrected chi connectivity index (χ3v) is 14.2. The molecule has 0 aromatic rings. The van der Waals surface area contributed by atoms with E-state index in [2.05, 4.69) is 27.7 Å². The molecule has 0 bridgehead atoms. The molecule has 0 fully saturated rings. The molecule has 0 spiro atoms. The average Bonchev–Trinajstić information content (AvgIpc) is 3.32.